The largest absolute Gasteiger partial charge is 0.339 e. The topological polar surface area (TPSA) is 32.3 Å². The molecule has 2 fully saturated rings. The highest BCUT2D eigenvalue weighted by atomic mass is 35.5. The second-order valence-electron chi connectivity index (χ2n) is 5.81. The number of hydrogen-bond donors (Lipinski definition) is 1. The molecule has 3 rings (SSSR count). The molecule has 0 aromatic heterocycles. The van der Waals surface area contributed by atoms with Gasteiger partial charge in [-0.3, -0.25) is 4.79 Å². The van der Waals surface area contributed by atoms with Crippen molar-refractivity contribution in [1.82, 2.24) is 10.2 Å². The van der Waals surface area contributed by atoms with Gasteiger partial charge in [0.1, 0.15) is 0 Å². The lowest BCUT2D eigenvalue weighted by Gasteiger charge is -2.35. The van der Waals surface area contributed by atoms with Crippen molar-refractivity contribution < 1.29 is 4.79 Å². The molecule has 0 radical (unpaired) electrons. The van der Waals surface area contributed by atoms with Gasteiger partial charge in [0.2, 0.25) is 0 Å². The molecule has 2 unspecified atom stereocenters. The second kappa shape index (κ2) is 5.55. The number of piperidine rings is 1. The van der Waals surface area contributed by atoms with Crippen LogP contribution in [-0.2, 0) is 0 Å². The Bertz CT molecular complexity index is 523. The molecule has 2 aliphatic heterocycles. The van der Waals surface area contributed by atoms with E-state index in [1.165, 1.54) is 12.8 Å². The number of rotatable bonds is 2. The first-order valence-corrected chi connectivity index (χ1v) is 7.78. The molecule has 1 aromatic carbocycles. The van der Waals surface area contributed by atoms with E-state index in [9.17, 15) is 4.79 Å². The summed E-state index contributed by atoms with van der Waals surface area (Å²) in [6, 6.07) is 6.53. The molecule has 1 amide bonds. The SMILES string of the molecule is CN(C(=O)c1ccc(Cl)c(Cl)c1)C1CC2CCC(C1)N2. The summed E-state index contributed by atoms with van der Waals surface area (Å²) >= 11 is 11.9. The fourth-order valence-electron chi connectivity index (χ4n) is 3.34. The van der Waals surface area contributed by atoms with E-state index < -0.39 is 0 Å². The number of halogens is 2. The van der Waals surface area contributed by atoms with Crippen LogP contribution >= 0.6 is 23.2 Å². The average Bonchev–Trinajstić information content (AvgIpc) is 2.79. The first-order chi connectivity index (χ1) is 9.54. The summed E-state index contributed by atoms with van der Waals surface area (Å²) in [5, 5.41) is 4.50. The van der Waals surface area contributed by atoms with Crippen molar-refractivity contribution >= 4 is 29.1 Å². The monoisotopic (exact) mass is 312 g/mol. The number of fused-ring (bicyclic) bond motifs is 2. The third-order valence-electron chi connectivity index (χ3n) is 4.48. The maximum atomic E-state index is 12.5. The van der Waals surface area contributed by atoms with Crippen LogP contribution in [0.15, 0.2) is 18.2 Å². The molecule has 2 bridgehead atoms. The van der Waals surface area contributed by atoms with E-state index in [0.29, 0.717) is 33.7 Å². The maximum Gasteiger partial charge on any atom is 0.253 e. The Labute approximate surface area is 129 Å². The fourth-order valence-corrected chi connectivity index (χ4v) is 3.64. The Balaban J connectivity index is 1.74. The van der Waals surface area contributed by atoms with Crippen molar-refractivity contribution in [3.05, 3.63) is 33.8 Å². The number of nitrogens with one attached hydrogen (secondary N) is 1. The smallest absolute Gasteiger partial charge is 0.253 e. The number of benzene rings is 1. The van der Waals surface area contributed by atoms with Crippen LogP contribution in [0.25, 0.3) is 0 Å². The van der Waals surface area contributed by atoms with E-state index in [1.54, 1.807) is 18.2 Å². The summed E-state index contributed by atoms with van der Waals surface area (Å²) in [6.07, 6.45) is 4.55. The minimum Gasteiger partial charge on any atom is -0.339 e. The van der Waals surface area contributed by atoms with Crippen molar-refractivity contribution in [2.45, 2.75) is 43.8 Å². The Kier molecular flexibility index (Phi) is 3.93. The van der Waals surface area contributed by atoms with Gasteiger partial charge in [-0.15, -0.1) is 0 Å². The highest BCUT2D eigenvalue weighted by Crippen LogP contribution is 2.30. The summed E-state index contributed by atoms with van der Waals surface area (Å²) in [6.45, 7) is 0. The number of nitrogens with zero attached hydrogens (tertiary/aromatic N) is 1. The van der Waals surface area contributed by atoms with Gasteiger partial charge in [0.25, 0.3) is 5.91 Å². The van der Waals surface area contributed by atoms with Crippen molar-refractivity contribution in [3.8, 4) is 0 Å². The number of carbonyl (C=O) groups excluding carboxylic acids is 1. The molecule has 1 aromatic rings. The van der Waals surface area contributed by atoms with Crippen LogP contribution in [-0.4, -0.2) is 36.0 Å². The molecule has 2 atom stereocenters. The van der Waals surface area contributed by atoms with Crippen LogP contribution in [0.3, 0.4) is 0 Å². The zero-order chi connectivity index (χ0) is 14.3. The summed E-state index contributed by atoms with van der Waals surface area (Å²) in [4.78, 5) is 14.4. The van der Waals surface area contributed by atoms with E-state index in [0.717, 1.165) is 12.8 Å². The second-order valence-corrected chi connectivity index (χ2v) is 6.62. The Hall–Kier alpha value is -0.770. The van der Waals surface area contributed by atoms with Crippen LogP contribution in [0.4, 0.5) is 0 Å². The first-order valence-electron chi connectivity index (χ1n) is 7.03. The summed E-state index contributed by atoms with van der Waals surface area (Å²) < 4.78 is 0. The number of amides is 1. The van der Waals surface area contributed by atoms with Gasteiger partial charge in [0.15, 0.2) is 0 Å². The zero-order valence-corrected chi connectivity index (χ0v) is 12.9. The van der Waals surface area contributed by atoms with Gasteiger partial charge < -0.3 is 10.2 Å². The first kappa shape index (κ1) is 14.2. The lowest BCUT2D eigenvalue weighted by molar-refractivity contribution is 0.0681. The molecule has 0 saturated carbocycles. The van der Waals surface area contributed by atoms with E-state index in [2.05, 4.69) is 5.32 Å². The minimum atomic E-state index is 0.0230. The predicted octanol–water partition coefficient (Wildman–Crippen LogP) is 3.35. The van der Waals surface area contributed by atoms with Gasteiger partial charge in [-0.05, 0) is 43.9 Å². The maximum absolute atomic E-state index is 12.5. The zero-order valence-electron chi connectivity index (χ0n) is 11.4. The average molecular weight is 313 g/mol. The van der Waals surface area contributed by atoms with Crippen molar-refractivity contribution in [3.63, 3.8) is 0 Å². The molecule has 1 N–H and O–H groups in total. The van der Waals surface area contributed by atoms with E-state index in [-0.39, 0.29) is 5.91 Å². The van der Waals surface area contributed by atoms with Crippen LogP contribution in [0, 0.1) is 0 Å². The molecule has 108 valence electrons. The van der Waals surface area contributed by atoms with Gasteiger partial charge in [-0.1, -0.05) is 23.2 Å². The Morgan fingerprint density at radius 1 is 1.20 bits per heavy atom. The number of hydrogen-bond acceptors (Lipinski definition) is 2. The standard InChI is InChI=1S/C15H18Cl2N2O/c1-19(12-7-10-3-4-11(8-12)18-10)15(20)9-2-5-13(16)14(17)6-9/h2,5-6,10-12,18H,3-4,7-8H2,1H3. The molecule has 3 nitrogen and oxygen atoms in total. The van der Waals surface area contributed by atoms with Crippen LogP contribution in [0.5, 0.6) is 0 Å². The van der Waals surface area contributed by atoms with Gasteiger partial charge in [0.05, 0.1) is 10.0 Å². The highest BCUT2D eigenvalue weighted by Gasteiger charge is 2.36. The van der Waals surface area contributed by atoms with Crippen LogP contribution in [0.1, 0.15) is 36.0 Å². The fraction of sp³-hybridized carbons (Fsp3) is 0.533. The molecule has 2 aliphatic rings. The van der Waals surface area contributed by atoms with E-state index in [4.69, 9.17) is 23.2 Å². The van der Waals surface area contributed by atoms with E-state index in [1.807, 2.05) is 11.9 Å². The molecule has 0 spiro atoms. The van der Waals surface area contributed by atoms with Gasteiger partial charge in [-0.25, -0.2) is 0 Å². The van der Waals surface area contributed by atoms with Gasteiger partial charge >= 0.3 is 0 Å². The molecular formula is C15H18Cl2N2O. The van der Waals surface area contributed by atoms with Crippen LogP contribution in [0.2, 0.25) is 10.0 Å². The highest BCUT2D eigenvalue weighted by molar-refractivity contribution is 6.42. The van der Waals surface area contributed by atoms with Gasteiger partial charge in [0, 0.05) is 30.7 Å². The Morgan fingerprint density at radius 2 is 1.85 bits per heavy atom. The van der Waals surface area contributed by atoms with Crippen LogP contribution < -0.4 is 5.32 Å². The molecular weight excluding hydrogens is 295 g/mol. The van der Waals surface area contributed by atoms with Crippen molar-refractivity contribution in [1.29, 1.82) is 0 Å². The quantitative estimate of drug-likeness (QED) is 0.908. The number of carbonyl (C=O) groups is 1. The van der Waals surface area contributed by atoms with Gasteiger partial charge in [-0.2, -0.15) is 0 Å². The lowest BCUT2D eigenvalue weighted by atomic mass is 9.98. The van der Waals surface area contributed by atoms with E-state index >= 15 is 0 Å². The Morgan fingerprint density at radius 3 is 2.45 bits per heavy atom. The molecule has 2 heterocycles. The van der Waals surface area contributed by atoms with Crippen molar-refractivity contribution in [2.24, 2.45) is 0 Å². The molecule has 2 saturated heterocycles. The third-order valence-corrected chi connectivity index (χ3v) is 5.22. The summed E-state index contributed by atoms with van der Waals surface area (Å²) in [5.74, 6) is 0.0230. The summed E-state index contributed by atoms with van der Waals surface area (Å²) in [5.41, 5.74) is 0.604. The normalized spacial score (nSPS) is 28.4. The predicted molar refractivity (Wildman–Crippen MR) is 81.5 cm³/mol. The minimum absolute atomic E-state index is 0.0230. The molecule has 20 heavy (non-hydrogen) atoms. The molecule has 0 aliphatic carbocycles. The molecule has 5 heteroatoms. The van der Waals surface area contributed by atoms with Crippen molar-refractivity contribution in [2.75, 3.05) is 7.05 Å². The lowest BCUT2D eigenvalue weighted by Crippen LogP contribution is -2.48. The summed E-state index contributed by atoms with van der Waals surface area (Å²) in [7, 11) is 1.89. The third kappa shape index (κ3) is 2.67.